The van der Waals surface area contributed by atoms with Crippen LogP contribution in [0.25, 0.3) is 0 Å². The topological polar surface area (TPSA) is 104 Å². The van der Waals surface area contributed by atoms with E-state index >= 15 is 0 Å². The molecule has 0 amide bonds. The van der Waals surface area contributed by atoms with E-state index in [-0.39, 0.29) is 12.2 Å². The molecule has 9 nitrogen and oxygen atoms in total. The van der Waals surface area contributed by atoms with Gasteiger partial charge in [0.2, 0.25) is 0 Å². The van der Waals surface area contributed by atoms with Gasteiger partial charge in [-0.25, -0.2) is 0 Å². The number of pyridine rings is 1. The standard InChI is InChI=1S/C25H47N7O2/c1-6-22(20-33-24-16-28-12-2-8-26-9-3-13-29-17-24)32-23(7-1)21-34-25-18-30-14-4-10-27-11-5-15-31-19-25/h1,6-7,24-31H,2-5,8-21H2. The van der Waals surface area contributed by atoms with Crippen molar-refractivity contribution in [2.45, 2.75) is 51.1 Å². The summed E-state index contributed by atoms with van der Waals surface area (Å²) in [5, 5.41) is 21.0. The second-order valence-electron chi connectivity index (χ2n) is 9.22. The van der Waals surface area contributed by atoms with Gasteiger partial charge >= 0.3 is 0 Å². The minimum Gasteiger partial charge on any atom is -0.369 e. The predicted molar refractivity (Wildman–Crippen MR) is 137 cm³/mol. The zero-order chi connectivity index (χ0) is 23.5. The molecule has 34 heavy (non-hydrogen) atoms. The van der Waals surface area contributed by atoms with Crippen molar-refractivity contribution in [2.24, 2.45) is 0 Å². The normalized spacial score (nSPS) is 22.1. The van der Waals surface area contributed by atoms with Gasteiger partial charge in [0.05, 0.1) is 36.8 Å². The van der Waals surface area contributed by atoms with E-state index in [2.05, 4.69) is 38.0 Å². The number of hydrogen-bond donors (Lipinski definition) is 6. The molecule has 0 aliphatic carbocycles. The summed E-state index contributed by atoms with van der Waals surface area (Å²) in [6.45, 7) is 12.8. The van der Waals surface area contributed by atoms with Gasteiger partial charge in [-0.15, -0.1) is 0 Å². The summed E-state index contributed by atoms with van der Waals surface area (Å²) in [6, 6.07) is 6.14. The fourth-order valence-corrected chi connectivity index (χ4v) is 4.13. The summed E-state index contributed by atoms with van der Waals surface area (Å²) in [6.07, 6.45) is 4.86. The Balaban J connectivity index is 1.42. The van der Waals surface area contributed by atoms with E-state index in [0.29, 0.717) is 13.2 Å². The van der Waals surface area contributed by atoms with Crippen molar-refractivity contribution in [2.75, 3.05) is 78.5 Å². The molecule has 0 saturated carbocycles. The summed E-state index contributed by atoms with van der Waals surface area (Å²) < 4.78 is 12.5. The van der Waals surface area contributed by atoms with E-state index in [1.807, 2.05) is 12.1 Å². The van der Waals surface area contributed by atoms with Gasteiger partial charge in [-0.1, -0.05) is 6.07 Å². The van der Waals surface area contributed by atoms with E-state index < -0.39 is 0 Å². The quantitative estimate of drug-likeness (QED) is 0.337. The Morgan fingerprint density at radius 2 is 0.912 bits per heavy atom. The second kappa shape index (κ2) is 18.1. The molecule has 194 valence electrons. The molecule has 2 saturated heterocycles. The first-order chi connectivity index (χ1) is 16.9. The zero-order valence-corrected chi connectivity index (χ0v) is 20.9. The highest BCUT2D eigenvalue weighted by Crippen LogP contribution is 2.06. The van der Waals surface area contributed by atoms with Crippen LogP contribution in [0, 0.1) is 0 Å². The van der Waals surface area contributed by atoms with Crippen LogP contribution in [-0.4, -0.2) is 95.7 Å². The van der Waals surface area contributed by atoms with Gasteiger partial charge in [-0.2, -0.15) is 0 Å². The molecule has 0 aromatic carbocycles. The van der Waals surface area contributed by atoms with E-state index in [4.69, 9.17) is 14.5 Å². The van der Waals surface area contributed by atoms with E-state index in [1.54, 1.807) is 0 Å². The molecule has 0 bridgehead atoms. The summed E-state index contributed by atoms with van der Waals surface area (Å²) >= 11 is 0. The minimum atomic E-state index is 0.137. The molecule has 0 radical (unpaired) electrons. The lowest BCUT2D eigenvalue weighted by Gasteiger charge is -2.21. The number of nitrogens with one attached hydrogen (secondary N) is 6. The third kappa shape index (κ3) is 12.5. The summed E-state index contributed by atoms with van der Waals surface area (Å²) in [4.78, 5) is 4.80. The molecule has 3 rings (SSSR count). The van der Waals surface area contributed by atoms with Crippen molar-refractivity contribution in [3.63, 3.8) is 0 Å². The van der Waals surface area contributed by atoms with E-state index in [1.165, 1.54) is 0 Å². The van der Waals surface area contributed by atoms with Crippen LogP contribution in [0.1, 0.15) is 37.1 Å². The van der Waals surface area contributed by atoms with Crippen molar-refractivity contribution in [1.29, 1.82) is 0 Å². The first-order valence-electron chi connectivity index (χ1n) is 13.3. The molecule has 2 aliphatic rings. The molecule has 1 aromatic heterocycles. The Morgan fingerprint density at radius 3 is 1.29 bits per heavy atom. The third-order valence-corrected chi connectivity index (χ3v) is 6.11. The molecular formula is C25H47N7O2. The maximum atomic E-state index is 6.23. The molecular weight excluding hydrogens is 430 g/mol. The maximum Gasteiger partial charge on any atom is 0.0893 e. The highest BCUT2D eigenvalue weighted by atomic mass is 16.5. The minimum absolute atomic E-state index is 0.137. The van der Waals surface area contributed by atoms with Crippen molar-refractivity contribution in [3.8, 4) is 0 Å². The average Bonchev–Trinajstić information content (AvgIpc) is 2.84. The number of aromatic nitrogens is 1. The van der Waals surface area contributed by atoms with Crippen molar-refractivity contribution in [3.05, 3.63) is 29.6 Å². The average molecular weight is 478 g/mol. The molecule has 9 heteroatoms. The fourth-order valence-electron chi connectivity index (χ4n) is 4.13. The third-order valence-electron chi connectivity index (χ3n) is 6.11. The second-order valence-corrected chi connectivity index (χ2v) is 9.22. The molecule has 2 fully saturated rings. The smallest absolute Gasteiger partial charge is 0.0893 e. The molecule has 2 aliphatic heterocycles. The van der Waals surface area contributed by atoms with Gasteiger partial charge in [0.1, 0.15) is 0 Å². The lowest BCUT2D eigenvalue weighted by atomic mass is 10.2. The lowest BCUT2D eigenvalue weighted by molar-refractivity contribution is 0.0345. The van der Waals surface area contributed by atoms with Crippen LogP contribution >= 0.6 is 0 Å². The van der Waals surface area contributed by atoms with Crippen LogP contribution in [-0.2, 0) is 22.7 Å². The molecule has 0 unspecified atom stereocenters. The van der Waals surface area contributed by atoms with Crippen LogP contribution in [0.3, 0.4) is 0 Å². The van der Waals surface area contributed by atoms with Crippen LogP contribution in [0.2, 0.25) is 0 Å². The maximum absolute atomic E-state index is 6.23. The highest BCUT2D eigenvalue weighted by molar-refractivity contribution is 5.10. The van der Waals surface area contributed by atoms with Gasteiger partial charge in [0.25, 0.3) is 0 Å². The van der Waals surface area contributed by atoms with Gasteiger partial charge in [-0.05, 0) is 90.2 Å². The number of nitrogens with zero attached hydrogens (tertiary/aromatic N) is 1. The fraction of sp³-hybridized carbons (Fsp3) is 0.800. The highest BCUT2D eigenvalue weighted by Gasteiger charge is 2.12. The molecule has 1 aromatic rings. The zero-order valence-electron chi connectivity index (χ0n) is 20.9. The Bertz CT molecular complexity index is 564. The lowest BCUT2D eigenvalue weighted by Crippen LogP contribution is -2.40. The summed E-state index contributed by atoms with van der Waals surface area (Å²) in [7, 11) is 0. The predicted octanol–water partition coefficient (Wildman–Crippen LogP) is -0.0228. The SMILES string of the molecule is c1cc(COC2CNCCCNCCCNC2)nc(COC2CNCCCNCCCNC2)c1. The van der Waals surface area contributed by atoms with Crippen LogP contribution in [0.4, 0.5) is 0 Å². The molecule has 0 atom stereocenters. The van der Waals surface area contributed by atoms with Gasteiger partial charge in [0, 0.05) is 26.2 Å². The van der Waals surface area contributed by atoms with Crippen LogP contribution in [0.15, 0.2) is 18.2 Å². The van der Waals surface area contributed by atoms with Crippen molar-refractivity contribution >= 4 is 0 Å². The van der Waals surface area contributed by atoms with Gasteiger partial charge in [-0.3, -0.25) is 4.98 Å². The monoisotopic (exact) mass is 477 g/mol. The number of rotatable bonds is 6. The Morgan fingerprint density at radius 1 is 0.559 bits per heavy atom. The number of ether oxygens (including phenoxy) is 2. The van der Waals surface area contributed by atoms with E-state index in [9.17, 15) is 0 Å². The molecule has 6 N–H and O–H groups in total. The van der Waals surface area contributed by atoms with E-state index in [0.717, 1.165) is 116 Å². The van der Waals surface area contributed by atoms with Gasteiger partial charge < -0.3 is 41.4 Å². The Kier molecular flexibility index (Phi) is 14.6. The summed E-state index contributed by atoms with van der Waals surface area (Å²) in [5.41, 5.74) is 1.91. The van der Waals surface area contributed by atoms with Crippen LogP contribution in [0.5, 0.6) is 0 Å². The summed E-state index contributed by atoms with van der Waals surface area (Å²) in [5.74, 6) is 0. The molecule has 0 spiro atoms. The first kappa shape index (κ1) is 27.4. The largest absolute Gasteiger partial charge is 0.369 e. The Labute approximate surface area is 205 Å². The van der Waals surface area contributed by atoms with Gasteiger partial charge in [0.15, 0.2) is 0 Å². The molecule has 3 heterocycles. The van der Waals surface area contributed by atoms with Crippen molar-refractivity contribution in [1.82, 2.24) is 36.9 Å². The first-order valence-corrected chi connectivity index (χ1v) is 13.3. The Hall–Kier alpha value is -1.17. The van der Waals surface area contributed by atoms with Crippen LogP contribution < -0.4 is 31.9 Å². The van der Waals surface area contributed by atoms with Crippen molar-refractivity contribution < 1.29 is 9.47 Å². The number of hydrogen-bond acceptors (Lipinski definition) is 9.